The highest BCUT2D eigenvalue weighted by atomic mass is 32.1. The Hall–Kier alpha value is -0.450. The first-order valence-corrected chi connectivity index (χ1v) is 6.46. The minimum absolute atomic E-state index is 0.0378. The summed E-state index contributed by atoms with van der Waals surface area (Å²) >= 11 is 1.85. The molecule has 0 unspecified atom stereocenters. The standard InChI is InChI=1S/C11H16N2OS/c14-7-11(4-5-11)12-6-10-13-8-2-1-3-9(8)15-10/h12,14H,1-7H2. The van der Waals surface area contributed by atoms with Crippen LogP contribution in [0.25, 0.3) is 0 Å². The van der Waals surface area contributed by atoms with Gasteiger partial charge in [0.25, 0.3) is 0 Å². The van der Waals surface area contributed by atoms with Gasteiger partial charge in [0.05, 0.1) is 12.3 Å². The molecule has 1 fully saturated rings. The molecule has 2 aliphatic carbocycles. The van der Waals surface area contributed by atoms with Crippen LogP contribution in [-0.4, -0.2) is 22.2 Å². The lowest BCUT2D eigenvalue weighted by Crippen LogP contribution is -2.34. The Kier molecular flexibility index (Phi) is 2.30. The van der Waals surface area contributed by atoms with Gasteiger partial charge < -0.3 is 10.4 Å². The molecule has 0 spiro atoms. The number of thiazole rings is 1. The van der Waals surface area contributed by atoms with E-state index in [1.807, 2.05) is 11.3 Å². The number of aliphatic hydroxyl groups excluding tert-OH is 1. The van der Waals surface area contributed by atoms with Crippen molar-refractivity contribution in [3.8, 4) is 0 Å². The number of aryl methyl sites for hydroxylation is 2. The Morgan fingerprint density at radius 3 is 2.93 bits per heavy atom. The van der Waals surface area contributed by atoms with E-state index in [9.17, 15) is 5.11 Å². The molecule has 82 valence electrons. The number of nitrogens with one attached hydrogen (secondary N) is 1. The molecule has 1 aromatic heterocycles. The van der Waals surface area contributed by atoms with Gasteiger partial charge in [0.2, 0.25) is 0 Å². The van der Waals surface area contributed by atoms with Crippen LogP contribution >= 0.6 is 11.3 Å². The van der Waals surface area contributed by atoms with Crippen LogP contribution in [0.5, 0.6) is 0 Å². The molecule has 0 aliphatic heterocycles. The first-order chi connectivity index (χ1) is 7.31. The molecule has 1 saturated carbocycles. The van der Waals surface area contributed by atoms with Crippen molar-refractivity contribution in [1.29, 1.82) is 0 Å². The maximum Gasteiger partial charge on any atom is 0.107 e. The van der Waals surface area contributed by atoms with Crippen molar-refractivity contribution in [1.82, 2.24) is 10.3 Å². The third kappa shape index (κ3) is 1.82. The minimum Gasteiger partial charge on any atom is -0.394 e. The van der Waals surface area contributed by atoms with Crippen LogP contribution in [0, 0.1) is 0 Å². The van der Waals surface area contributed by atoms with Crippen molar-refractivity contribution in [3.63, 3.8) is 0 Å². The molecule has 2 N–H and O–H groups in total. The van der Waals surface area contributed by atoms with Gasteiger partial charge in [-0.25, -0.2) is 4.98 Å². The summed E-state index contributed by atoms with van der Waals surface area (Å²) in [5.41, 5.74) is 1.36. The van der Waals surface area contributed by atoms with E-state index in [1.54, 1.807) is 0 Å². The second kappa shape index (κ2) is 3.54. The maximum atomic E-state index is 9.17. The Labute approximate surface area is 93.5 Å². The van der Waals surface area contributed by atoms with E-state index in [2.05, 4.69) is 10.3 Å². The first kappa shape index (κ1) is 9.75. The number of aliphatic hydroxyl groups is 1. The third-order valence-corrected chi connectivity index (χ3v) is 4.57. The summed E-state index contributed by atoms with van der Waals surface area (Å²) in [6.07, 6.45) is 5.88. The van der Waals surface area contributed by atoms with E-state index < -0.39 is 0 Å². The van der Waals surface area contributed by atoms with Gasteiger partial charge in [0, 0.05) is 17.0 Å². The Balaban J connectivity index is 1.63. The first-order valence-electron chi connectivity index (χ1n) is 5.65. The van der Waals surface area contributed by atoms with Gasteiger partial charge in [-0.2, -0.15) is 0 Å². The largest absolute Gasteiger partial charge is 0.394 e. The highest BCUT2D eigenvalue weighted by Gasteiger charge is 2.41. The van der Waals surface area contributed by atoms with Crippen LogP contribution in [0.4, 0.5) is 0 Å². The molecule has 1 aromatic rings. The predicted octanol–water partition coefficient (Wildman–Crippen LogP) is 1.25. The second-order valence-electron chi connectivity index (χ2n) is 4.62. The molecule has 0 radical (unpaired) electrons. The van der Waals surface area contributed by atoms with Crippen molar-refractivity contribution < 1.29 is 5.11 Å². The normalized spacial score (nSPS) is 21.7. The number of rotatable bonds is 4. The zero-order valence-corrected chi connectivity index (χ0v) is 9.57. The fourth-order valence-electron chi connectivity index (χ4n) is 2.12. The molecule has 0 saturated heterocycles. The molecule has 3 nitrogen and oxygen atoms in total. The quantitative estimate of drug-likeness (QED) is 0.809. The number of aromatic nitrogens is 1. The van der Waals surface area contributed by atoms with Crippen molar-refractivity contribution in [2.75, 3.05) is 6.61 Å². The molecule has 0 atom stereocenters. The maximum absolute atomic E-state index is 9.17. The SMILES string of the molecule is OCC1(NCc2nc3c(s2)CCC3)CC1. The topological polar surface area (TPSA) is 45.1 Å². The lowest BCUT2D eigenvalue weighted by Gasteiger charge is -2.12. The lowest BCUT2D eigenvalue weighted by molar-refractivity contribution is 0.229. The average molecular weight is 224 g/mol. The summed E-state index contributed by atoms with van der Waals surface area (Å²) in [6.45, 7) is 1.09. The molecule has 0 amide bonds. The molecule has 1 heterocycles. The van der Waals surface area contributed by atoms with E-state index in [-0.39, 0.29) is 12.1 Å². The van der Waals surface area contributed by atoms with Crippen LogP contribution in [0.3, 0.4) is 0 Å². The van der Waals surface area contributed by atoms with Crippen LogP contribution in [-0.2, 0) is 19.4 Å². The summed E-state index contributed by atoms with van der Waals surface area (Å²) in [4.78, 5) is 6.12. The number of fused-ring (bicyclic) bond motifs is 1. The summed E-state index contributed by atoms with van der Waals surface area (Å²) in [6, 6.07) is 0. The van der Waals surface area contributed by atoms with Crippen LogP contribution in [0.15, 0.2) is 0 Å². The molecule has 15 heavy (non-hydrogen) atoms. The smallest absolute Gasteiger partial charge is 0.107 e. The van der Waals surface area contributed by atoms with Crippen LogP contribution in [0.1, 0.15) is 34.8 Å². The fraction of sp³-hybridized carbons (Fsp3) is 0.727. The van der Waals surface area contributed by atoms with E-state index >= 15 is 0 Å². The molecule has 2 aliphatic rings. The molecule has 3 rings (SSSR count). The van der Waals surface area contributed by atoms with E-state index in [0.29, 0.717) is 0 Å². The number of hydrogen-bond donors (Lipinski definition) is 2. The highest BCUT2D eigenvalue weighted by molar-refractivity contribution is 7.11. The van der Waals surface area contributed by atoms with Crippen molar-refractivity contribution in [3.05, 3.63) is 15.6 Å². The van der Waals surface area contributed by atoms with Crippen LogP contribution < -0.4 is 5.32 Å². The third-order valence-electron chi connectivity index (χ3n) is 3.41. The Morgan fingerprint density at radius 1 is 1.40 bits per heavy atom. The molecular weight excluding hydrogens is 208 g/mol. The summed E-state index contributed by atoms with van der Waals surface area (Å²) in [5.74, 6) is 0. The Morgan fingerprint density at radius 2 is 2.27 bits per heavy atom. The second-order valence-corrected chi connectivity index (χ2v) is 5.79. The van der Waals surface area contributed by atoms with Gasteiger partial charge in [-0.3, -0.25) is 0 Å². The van der Waals surface area contributed by atoms with Gasteiger partial charge in [0.1, 0.15) is 5.01 Å². The zero-order chi connectivity index (χ0) is 10.3. The zero-order valence-electron chi connectivity index (χ0n) is 8.75. The van der Waals surface area contributed by atoms with E-state index in [4.69, 9.17) is 0 Å². The van der Waals surface area contributed by atoms with Crippen molar-refractivity contribution >= 4 is 11.3 Å². The van der Waals surface area contributed by atoms with Crippen molar-refractivity contribution in [2.45, 2.75) is 44.2 Å². The molecular formula is C11H16N2OS. The summed E-state index contributed by atoms with van der Waals surface area (Å²) in [7, 11) is 0. The Bertz CT molecular complexity index is 349. The van der Waals surface area contributed by atoms with Gasteiger partial charge in [-0.15, -0.1) is 11.3 Å². The fourth-order valence-corrected chi connectivity index (χ4v) is 3.22. The monoisotopic (exact) mass is 224 g/mol. The highest BCUT2D eigenvalue weighted by Crippen LogP contribution is 2.35. The minimum atomic E-state index is 0.0378. The molecule has 0 bridgehead atoms. The van der Waals surface area contributed by atoms with Crippen molar-refractivity contribution in [2.24, 2.45) is 0 Å². The molecule has 4 heteroatoms. The van der Waals surface area contributed by atoms with Gasteiger partial charge in [-0.05, 0) is 32.1 Å². The summed E-state index contributed by atoms with van der Waals surface area (Å²) in [5, 5.41) is 13.8. The van der Waals surface area contributed by atoms with Gasteiger partial charge in [-0.1, -0.05) is 0 Å². The lowest BCUT2D eigenvalue weighted by atomic mass is 10.3. The average Bonchev–Trinajstić information content (AvgIpc) is 2.72. The number of nitrogens with zero attached hydrogens (tertiary/aromatic N) is 1. The van der Waals surface area contributed by atoms with Gasteiger partial charge in [0.15, 0.2) is 0 Å². The predicted molar refractivity (Wildman–Crippen MR) is 60.0 cm³/mol. The van der Waals surface area contributed by atoms with Gasteiger partial charge >= 0.3 is 0 Å². The van der Waals surface area contributed by atoms with E-state index in [0.717, 1.165) is 25.8 Å². The van der Waals surface area contributed by atoms with E-state index in [1.165, 1.54) is 28.4 Å². The summed E-state index contributed by atoms with van der Waals surface area (Å²) < 4.78 is 0. The number of hydrogen-bond acceptors (Lipinski definition) is 4. The molecule has 0 aromatic carbocycles. The van der Waals surface area contributed by atoms with Crippen LogP contribution in [0.2, 0.25) is 0 Å².